The maximum atomic E-state index is 5.66. The smallest absolute Gasteiger partial charge is 0.258 e. The van der Waals surface area contributed by atoms with Gasteiger partial charge in [0.05, 0.1) is 22.2 Å². The van der Waals surface area contributed by atoms with E-state index in [1.807, 2.05) is 18.7 Å². The van der Waals surface area contributed by atoms with E-state index >= 15 is 0 Å². The van der Waals surface area contributed by atoms with Crippen molar-refractivity contribution < 1.29 is 4.52 Å². The molecule has 0 radical (unpaired) electrons. The van der Waals surface area contributed by atoms with Gasteiger partial charge in [0.2, 0.25) is 0 Å². The van der Waals surface area contributed by atoms with Crippen molar-refractivity contribution in [3.05, 3.63) is 23.3 Å². The minimum atomic E-state index is -0.152. The van der Waals surface area contributed by atoms with Crippen LogP contribution in [0.5, 0.6) is 0 Å². The third-order valence-electron chi connectivity index (χ3n) is 5.14. The van der Waals surface area contributed by atoms with Gasteiger partial charge in [0.1, 0.15) is 0 Å². The van der Waals surface area contributed by atoms with Crippen LogP contribution >= 0.6 is 12.4 Å². The van der Waals surface area contributed by atoms with Crippen molar-refractivity contribution in [1.29, 1.82) is 0 Å². The number of likely N-dealkylation sites (N-methyl/N-ethyl adjacent to an activating group) is 1. The first-order valence-corrected chi connectivity index (χ1v) is 9.69. The van der Waals surface area contributed by atoms with Crippen LogP contribution in [-0.4, -0.2) is 38.0 Å². The summed E-state index contributed by atoms with van der Waals surface area (Å²) in [5.41, 5.74) is 3.74. The maximum Gasteiger partial charge on any atom is 0.258 e. The molecule has 3 aromatic heterocycles. The molecule has 0 aromatic carbocycles. The quantitative estimate of drug-likeness (QED) is 0.692. The van der Waals surface area contributed by atoms with E-state index in [2.05, 4.69) is 49.2 Å². The summed E-state index contributed by atoms with van der Waals surface area (Å²) < 4.78 is 7.68. The molecule has 4 rings (SSSR count). The Hall–Kier alpha value is -1.99. The molecular weight excluding hydrogens is 376 g/mol. The number of fused-ring (bicyclic) bond motifs is 1. The van der Waals surface area contributed by atoms with Crippen LogP contribution in [0.2, 0.25) is 0 Å². The Kier molecular flexibility index (Phi) is 5.51. The molecule has 152 valence electrons. The van der Waals surface area contributed by atoms with Crippen molar-refractivity contribution in [1.82, 2.24) is 30.2 Å². The zero-order valence-electron chi connectivity index (χ0n) is 17.4. The van der Waals surface area contributed by atoms with Crippen molar-refractivity contribution in [3.8, 4) is 11.5 Å². The number of halogens is 1. The van der Waals surface area contributed by atoms with E-state index in [1.165, 1.54) is 12.8 Å². The minimum absolute atomic E-state index is 0. The Balaban J connectivity index is 0.00000225. The summed E-state index contributed by atoms with van der Waals surface area (Å²) in [4.78, 5) is 9.65. The SMILES string of the molecule is CNC(C)Cc1noc(-c2cc(C3CC3)nc3c2c(C)nn3C(C)(C)C)n1.Cl. The average Bonchev–Trinajstić information content (AvgIpc) is 3.27. The molecule has 0 amide bonds. The molecule has 8 heteroatoms. The van der Waals surface area contributed by atoms with Gasteiger partial charge >= 0.3 is 0 Å². The molecule has 28 heavy (non-hydrogen) atoms. The third-order valence-corrected chi connectivity index (χ3v) is 5.14. The molecule has 3 aromatic rings. The molecule has 1 atom stereocenters. The van der Waals surface area contributed by atoms with Crippen LogP contribution in [0.4, 0.5) is 0 Å². The Morgan fingerprint density at radius 1 is 1.29 bits per heavy atom. The zero-order valence-corrected chi connectivity index (χ0v) is 18.2. The Labute approximate surface area is 171 Å². The van der Waals surface area contributed by atoms with Crippen molar-refractivity contribution in [2.45, 2.75) is 71.4 Å². The molecule has 1 aliphatic carbocycles. The normalized spacial score (nSPS) is 15.6. The molecule has 1 fully saturated rings. The van der Waals surface area contributed by atoms with Crippen LogP contribution in [0.1, 0.15) is 63.7 Å². The van der Waals surface area contributed by atoms with Crippen LogP contribution in [0.15, 0.2) is 10.6 Å². The van der Waals surface area contributed by atoms with Crippen LogP contribution in [0, 0.1) is 6.92 Å². The highest BCUT2D eigenvalue weighted by atomic mass is 35.5. The van der Waals surface area contributed by atoms with Crippen molar-refractivity contribution in [2.24, 2.45) is 0 Å². The molecule has 1 aliphatic rings. The molecule has 0 aliphatic heterocycles. The lowest BCUT2D eigenvalue weighted by atomic mass is 10.1. The van der Waals surface area contributed by atoms with Gasteiger partial charge in [0.25, 0.3) is 5.89 Å². The minimum Gasteiger partial charge on any atom is -0.334 e. The molecular formula is C20H29ClN6O. The number of rotatable bonds is 5. The number of pyridine rings is 1. The first kappa shape index (κ1) is 20.7. The molecule has 7 nitrogen and oxygen atoms in total. The van der Waals surface area contributed by atoms with Crippen molar-refractivity contribution >= 4 is 23.4 Å². The predicted octanol–water partition coefficient (Wildman–Crippen LogP) is 3.99. The fourth-order valence-electron chi connectivity index (χ4n) is 3.36. The van der Waals surface area contributed by atoms with Gasteiger partial charge in [0.15, 0.2) is 11.5 Å². The van der Waals surface area contributed by atoms with E-state index in [0.717, 1.165) is 34.4 Å². The first-order chi connectivity index (χ1) is 12.8. The van der Waals surface area contributed by atoms with Gasteiger partial charge in [-0.25, -0.2) is 9.67 Å². The number of aryl methyl sites for hydroxylation is 1. The van der Waals surface area contributed by atoms with Gasteiger partial charge < -0.3 is 9.84 Å². The second-order valence-electron chi connectivity index (χ2n) is 8.65. The molecule has 1 N–H and O–H groups in total. The van der Waals surface area contributed by atoms with E-state index in [-0.39, 0.29) is 17.9 Å². The van der Waals surface area contributed by atoms with E-state index < -0.39 is 0 Å². The summed E-state index contributed by atoms with van der Waals surface area (Å²) in [5.74, 6) is 1.80. The first-order valence-electron chi connectivity index (χ1n) is 9.69. The molecule has 0 bridgehead atoms. The standard InChI is InChI=1S/C20H28N6O.ClH/c1-11(21-6)9-16-23-19(27-25-16)14-10-15(13-7-8-13)22-18-17(14)12(2)24-26(18)20(3,4)5;/h10-11,13,21H,7-9H2,1-6H3;1H. The number of hydrogen-bond donors (Lipinski definition) is 1. The Morgan fingerprint density at radius 2 is 2.00 bits per heavy atom. The van der Waals surface area contributed by atoms with Gasteiger partial charge in [-0.3, -0.25) is 0 Å². The Bertz CT molecular complexity index is 983. The highest BCUT2D eigenvalue weighted by Crippen LogP contribution is 2.42. The van der Waals surface area contributed by atoms with E-state index in [1.54, 1.807) is 0 Å². The van der Waals surface area contributed by atoms with E-state index in [4.69, 9.17) is 14.6 Å². The van der Waals surface area contributed by atoms with Crippen LogP contribution in [0.25, 0.3) is 22.5 Å². The summed E-state index contributed by atoms with van der Waals surface area (Å²) >= 11 is 0. The fourth-order valence-corrected chi connectivity index (χ4v) is 3.36. The van der Waals surface area contributed by atoms with Crippen LogP contribution < -0.4 is 5.32 Å². The summed E-state index contributed by atoms with van der Waals surface area (Å²) in [6, 6.07) is 2.42. The summed E-state index contributed by atoms with van der Waals surface area (Å²) in [6.07, 6.45) is 3.11. The van der Waals surface area contributed by atoms with E-state index in [9.17, 15) is 0 Å². The van der Waals surface area contributed by atoms with Crippen LogP contribution in [0.3, 0.4) is 0 Å². The van der Waals surface area contributed by atoms with Gasteiger partial charge in [-0.1, -0.05) is 5.16 Å². The lowest BCUT2D eigenvalue weighted by Gasteiger charge is -2.20. The van der Waals surface area contributed by atoms with Gasteiger partial charge in [-0.2, -0.15) is 10.1 Å². The summed E-state index contributed by atoms with van der Waals surface area (Å²) in [7, 11) is 1.93. The second kappa shape index (κ2) is 7.44. The van der Waals surface area contributed by atoms with Crippen molar-refractivity contribution in [2.75, 3.05) is 7.05 Å². The van der Waals surface area contributed by atoms with Gasteiger partial charge in [0, 0.05) is 24.1 Å². The number of nitrogens with one attached hydrogen (secondary N) is 1. The molecule has 3 heterocycles. The lowest BCUT2D eigenvalue weighted by Crippen LogP contribution is -2.24. The highest BCUT2D eigenvalue weighted by Gasteiger charge is 2.30. The second-order valence-corrected chi connectivity index (χ2v) is 8.65. The zero-order chi connectivity index (χ0) is 19.3. The monoisotopic (exact) mass is 404 g/mol. The highest BCUT2D eigenvalue weighted by molar-refractivity contribution is 5.93. The molecule has 0 spiro atoms. The van der Waals surface area contributed by atoms with Crippen LogP contribution in [-0.2, 0) is 12.0 Å². The van der Waals surface area contributed by atoms with Crippen molar-refractivity contribution in [3.63, 3.8) is 0 Å². The lowest BCUT2D eigenvalue weighted by molar-refractivity contribution is 0.364. The molecule has 1 saturated carbocycles. The fraction of sp³-hybridized carbons (Fsp3) is 0.600. The van der Waals surface area contributed by atoms with Gasteiger partial charge in [-0.15, -0.1) is 12.4 Å². The molecule has 0 saturated heterocycles. The van der Waals surface area contributed by atoms with E-state index in [0.29, 0.717) is 23.7 Å². The summed E-state index contributed by atoms with van der Waals surface area (Å²) in [6.45, 7) is 10.6. The topological polar surface area (TPSA) is 81.7 Å². The maximum absolute atomic E-state index is 5.66. The Morgan fingerprint density at radius 3 is 2.61 bits per heavy atom. The summed E-state index contributed by atoms with van der Waals surface area (Å²) in [5, 5.41) is 13.2. The average molecular weight is 405 g/mol. The predicted molar refractivity (Wildman–Crippen MR) is 112 cm³/mol. The number of nitrogens with zero attached hydrogens (tertiary/aromatic N) is 5. The molecule has 1 unspecified atom stereocenters. The van der Waals surface area contributed by atoms with Gasteiger partial charge in [-0.05, 0) is 60.6 Å². The largest absolute Gasteiger partial charge is 0.334 e. The third kappa shape index (κ3) is 3.78. The number of hydrogen-bond acceptors (Lipinski definition) is 6. The number of aromatic nitrogens is 5.